The molecular formula is C12H17ClN6. The van der Waals surface area contributed by atoms with Gasteiger partial charge in [0.2, 0.25) is 17.2 Å². The second kappa shape index (κ2) is 5.57. The highest BCUT2D eigenvalue weighted by Crippen LogP contribution is 2.25. The summed E-state index contributed by atoms with van der Waals surface area (Å²) in [6, 6.07) is 2.72. The first-order chi connectivity index (χ1) is 9.10. The molecule has 0 saturated heterocycles. The lowest BCUT2D eigenvalue weighted by molar-refractivity contribution is 0.543. The standard InChI is InChI=1S/C12H17ClN6/c1-3-12(4-2,7-14)19-11-17-9(13)16-10(18-11)15-8-5-6-8/h8H,3-6H2,1-2H3,(H2,15,16,17,18,19). The van der Waals surface area contributed by atoms with Gasteiger partial charge in [0.05, 0.1) is 6.07 Å². The molecule has 0 aromatic carbocycles. The van der Waals surface area contributed by atoms with E-state index in [1.807, 2.05) is 13.8 Å². The summed E-state index contributed by atoms with van der Waals surface area (Å²) >= 11 is 5.89. The van der Waals surface area contributed by atoms with Crippen molar-refractivity contribution in [3.05, 3.63) is 5.28 Å². The van der Waals surface area contributed by atoms with Gasteiger partial charge in [-0.3, -0.25) is 0 Å². The quantitative estimate of drug-likeness (QED) is 0.833. The van der Waals surface area contributed by atoms with Gasteiger partial charge in [-0.25, -0.2) is 0 Å². The van der Waals surface area contributed by atoms with Gasteiger partial charge < -0.3 is 10.6 Å². The van der Waals surface area contributed by atoms with E-state index in [1.54, 1.807) is 0 Å². The molecule has 1 aromatic heterocycles. The van der Waals surface area contributed by atoms with Crippen LogP contribution in [0.15, 0.2) is 0 Å². The van der Waals surface area contributed by atoms with E-state index in [0.29, 0.717) is 30.8 Å². The fourth-order valence-electron chi connectivity index (χ4n) is 1.71. The van der Waals surface area contributed by atoms with Crippen LogP contribution >= 0.6 is 11.6 Å². The Morgan fingerprint density at radius 3 is 2.42 bits per heavy atom. The molecule has 1 aromatic rings. The van der Waals surface area contributed by atoms with E-state index in [-0.39, 0.29) is 5.28 Å². The predicted octanol–water partition coefficient (Wildman–Crippen LogP) is 2.59. The molecule has 1 aliphatic carbocycles. The second-order valence-electron chi connectivity index (χ2n) is 4.70. The highest BCUT2D eigenvalue weighted by molar-refractivity contribution is 6.28. The number of hydrogen-bond acceptors (Lipinski definition) is 6. The van der Waals surface area contributed by atoms with Crippen LogP contribution < -0.4 is 10.6 Å². The Hall–Kier alpha value is -1.61. The van der Waals surface area contributed by atoms with Crippen molar-refractivity contribution in [2.45, 2.75) is 51.1 Å². The Bertz CT molecular complexity index is 489. The summed E-state index contributed by atoms with van der Waals surface area (Å²) in [5.41, 5.74) is -0.665. The van der Waals surface area contributed by atoms with Crippen molar-refractivity contribution in [2.24, 2.45) is 0 Å². The summed E-state index contributed by atoms with van der Waals surface area (Å²) in [4.78, 5) is 12.3. The van der Waals surface area contributed by atoms with Crippen LogP contribution in [0.3, 0.4) is 0 Å². The fraction of sp³-hybridized carbons (Fsp3) is 0.667. The van der Waals surface area contributed by atoms with Gasteiger partial charge in [-0.05, 0) is 37.3 Å². The van der Waals surface area contributed by atoms with Gasteiger partial charge in [0.15, 0.2) is 0 Å². The molecule has 102 valence electrons. The van der Waals surface area contributed by atoms with Crippen LogP contribution in [0.4, 0.5) is 11.9 Å². The Labute approximate surface area is 117 Å². The van der Waals surface area contributed by atoms with Crippen LogP contribution in [-0.4, -0.2) is 26.5 Å². The van der Waals surface area contributed by atoms with Gasteiger partial charge in [-0.2, -0.15) is 20.2 Å². The van der Waals surface area contributed by atoms with E-state index in [2.05, 4.69) is 31.7 Å². The summed E-state index contributed by atoms with van der Waals surface area (Å²) in [7, 11) is 0. The third-order valence-corrected chi connectivity index (χ3v) is 3.46. The number of anilines is 2. The van der Waals surface area contributed by atoms with Crippen molar-refractivity contribution in [1.82, 2.24) is 15.0 Å². The van der Waals surface area contributed by atoms with Gasteiger partial charge in [0, 0.05) is 6.04 Å². The number of nitrogens with one attached hydrogen (secondary N) is 2. The van der Waals surface area contributed by atoms with Crippen molar-refractivity contribution < 1.29 is 0 Å². The van der Waals surface area contributed by atoms with Crippen molar-refractivity contribution in [3.63, 3.8) is 0 Å². The third kappa shape index (κ3) is 3.44. The first kappa shape index (κ1) is 13.8. The first-order valence-electron chi connectivity index (χ1n) is 6.48. The molecule has 0 radical (unpaired) electrons. The average molecular weight is 281 g/mol. The highest BCUT2D eigenvalue weighted by Gasteiger charge is 2.27. The third-order valence-electron chi connectivity index (χ3n) is 3.29. The predicted molar refractivity (Wildman–Crippen MR) is 74.0 cm³/mol. The summed E-state index contributed by atoms with van der Waals surface area (Å²) in [6.45, 7) is 3.90. The lowest BCUT2D eigenvalue weighted by Crippen LogP contribution is -2.36. The van der Waals surface area contributed by atoms with Gasteiger partial charge >= 0.3 is 0 Å². The fourth-order valence-corrected chi connectivity index (χ4v) is 1.87. The highest BCUT2D eigenvalue weighted by atomic mass is 35.5. The Morgan fingerprint density at radius 2 is 1.89 bits per heavy atom. The molecule has 2 rings (SSSR count). The molecule has 0 bridgehead atoms. The van der Waals surface area contributed by atoms with E-state index in [1.165, 1.54) is 0 Å². The number of aromatic nitrogens is 3. The van der Waals surface area contributed by atoms with E-state index in [4.69, 9.17) is 11.6 Å². The molecule has 7 heteroatoms. The molecule has 1 saturated carbocycles. The number of halogens is 1. The average Bonchev–Trinajstić information content (AvgIpc) is 3.19. The largest absolute Gasteiger partial charge is 0.351 e. The molecule has 1 aliphatic rings. The Balaban J connectivity index is 2.19. The van der Waals surface area contributed by atoms with Gasteiger partial charge in [0.25, 0.3) is 0 Å². The van der Waals surface area contributed by atoms with Crippen LogP contribution in [0.5, 0.6) is 0 Å². The molecule has 0 atom stereocenters. The first-order valence-corrected chi connectivity index (χ1v) is 6.86. The number of nitriles is 1. The minimum atomic E-state index is -0.665. The van der Waals surface area contributed by atoms with Crippen molar-refractivity contribution in [1.29, 1.82) is 5.26 Å². The molecule has 6 nitrogen and oxygen atoms in total. The maximum Gasteiger partial charge on any atom is 0.230 e. The Morgan fingerprint density at radius 1 is 1.26 bits per heavy atom. The molecule has 1 heterocycles. The summed E-state index contributed by atoms with van der Waals surface area (Å²) in [5, 5.41) is 15.7. The maximum atomic E-state index is 9.30. The van der Waals surface area contributed by atoms with Crippen LogP contribution in [-0.2, 0) is 0 Å². The number of hydrogen-bond donors (Lipinski definition) is 2. The maximum absolute atomic E-state index is 9.30. The normalized spacial score (nSPS) is 14.8. The van der Waals surface area contributed by atoms with Gasteiger partial charge in [-0.15, -0.1) is 0 Å². The Kier molecular flexibility index (Phi) is 4.05. The zero-order valence-electron chi connectivity index (χ0n) is 11.1. The zero-order valence-corrected chi connectivity index (χ0v) is 11.8. The lowest BCUT2D eigenvalue weighted by atomic mass is 9.95. The minimum Gasteiger partial charge on any atom is -0.351 e. The van der Waals surface area contributed by atoms with E-state index in [9.17, 15) is 5.26 Å². The summed E-state index contributed by atoms with van der Waals surface area (Å²) < 4.78 is 0. The van der Waals surface area contributed by atoms with Gasteiger partial charge in [-0.1, -0.05) is 13.8 Å². The van der Waals surface area contributed by atoms with E-state index < -0.39 is 5.54 Å². The van der Waals surface area contributed by atoms with Crippen LogP contribution in [0.2, 0.25) is 5.28 Å². The summed E-state index contributed by atoms with van der Waals surface area (Å²) in [5.74, 6) is 0.803. The molecule has 2 N–H and O–H groups in total. The minimum absolute atomic E-state index is 0.125. The van der Waals surface area contributed by atoms with Crippen molar-refractivity contribution in [3.8, 4) is 6.07 Å². The van der Waals surface area contributed by atoms with Crippen LogP contribution in [0, 0.1) is 11.3 Å². The van der Waals surface area contributed by atoms with Crippen molar-refractivity contribution in [2.75, 3.05) is 10.6 Å². The topological polar surface area (TPSA) is 86.5 Å². The van der Waals surface area contributed by atoms with E-state index >= 15 is 0 Å². The molecule has 0 unspecified atom stereocenters. The van der Waals surface area contributed by atoms with E-state index in [0.717, 1.165) is 12.8 Å². The molecule has 0 spiro atoms. The summed E-state index contributed by atoms with van der Waals surface area (Å²) in [6.07, 6.45) is 3.57. The molecule has 0 amide bonds. The monoisotopic (exact) mass is 280 g/mol. The molecule has 1 fully saturated rings. The van der Waals surface area contributed by atoms with Crippen LogP contribution in [0.25, 0.3) is 0 Å². The second-order valence-corrected chi connectivity index (χ2v) is 5.03. The SMILES string of the molecule is CCC(C#N)(CC)Nc1nc(Cl)nc(NC2CC2)n1. The zero-order chi connectivity index (χ0) is 13.9. The number of rotatable bonds is 6. The smallest absolute Gasteiger partial charge is 0.230 e. The van der Waals surface area contributed by atoms with Gasteiger partial charge in [0.1, 0.15) is 5.54 Å². The number of nitrogens with zero attached hydrogens (tertiary/aromatic N) is 4. The lowest BCUT2D eigenvalue weighted by Gasteiger charge is -2.24. The van der Waals surface area contributed by atoms with Crippen LogP contribution in [0.1, 0.15) is 39.5 Å². The molecule has 19 heavy (non-hydrogen) atoms. The molecule has 0 aliphatic heterocycles. The molecular weight excluding hydrogens is 264 g/mol. The van der Waals surface area contributed by atoms with Crippen molar-refractivity contribution >= 4 is 23.5 Å².